The number of hydrogen-bond donors (Lipinski definition) is 1. The number of anilines is 1. The van der Waals surface area contributed by atoms with Crippen LogP contribution in [-0.2, 0) is 6.18 Å². The Morgan fingerprint density at radius 1 is 1.06 bits per heavy atom. The van der Waals surface area contributed by atoms with Crippen LogP contribution >= 0.6 is 0 Å². The Labute approximate surface area is 187 Å². The van der Waals surface area contributed by atoms with Gasteiger partial charge in [-0.15, -0.1) is 0 Å². The molecule has 11 heteroatoms. The number of aryl methyl sites for hydroxylation is 1. The zero-order valence-corrected chi connectivity index (χ0v) is 17.6. The number of fused-ring (bicyclic) bond motifs is 2. The van der Waals surface area contributed by atoms with Crippen molar-refractivity contribution in [2.75, 3.05) is 5.32 Å². The highest BCUT2D eigenvalue weighted by Crippen LogP contribution is 2.40. The second-order valence-corrected chi connectivity index (χ2v) is 8.21. The van der Waals surface area contributed by atoms with Gasteiger partial charge in [-0.25, -0.2) is 19.9 Å². The smallest absolute Gasteiger partial charge is 0.364 e. The van der Waals surface area contributed by atoms with Crippen molar-refractivity contribution in [3.63, 3.8) is 0 Å². The highest BCUT2D eigenvalue weighted by Gasteiger charge is 2.49. The maximum absolute atomic E-state index is 13.6. The lowest BCUT2D eigenvalue weighted by molar-refractivity contribution is -0.141. The summed E-state index contributed by atoms with van der Waals surface area (Å²) in [6, 6.07) is 3.26. The average molecular weight is 455 g/mol. The number of alkyl halides is 3. The monoisotopic (exact) mass is 455 g/mol. The van der Waals surface area contributed by atoms with E-state index in [9.17, 15) is 18.0 Å². The topological polar surface area (TPSA) is 96.8 Å². The first kappa shape index (κ1) is 21.2. The molecule has 1 N–H and O–H groups in total. The third-order valence-electron chi connectivity index (χ3n) is 6.20. The second-order valence-electron chi connectivity index (χ2n) is 8.21. The molecular weight excluding hydrogens is 435 g/mol. The molecule has 2 bridgehead atoms. The van der Waals surface area contributed by atoms with Gasteiger partial charge in [-0.3, -0.25) is 9.78 Å². The summed E-state index contributed by atoms with van der Waals surface area (Å²) < 4.78 is 38.2. The Balaban J connectivity index is 1.39. The molecule has 1 amide bonds. The van der Waals surface area contributed by atoms with Crippen molar-refractivity contribution in [1.82, 2.24) is 29.8 Å². The van der Waals surface area contributed by atoms with Crippen molar-refractivity contribution >= 4 is 11.7 Å². The Kier molecular flexibility index (Phi) is 5.18. The first-order chi connectivity index (χ1) is 15.8. The van der Waals surface area contributed by atoms with Gasteiger partial charge in [0, 0.05) is 24.6 Å². The maximum atomic E-state index is 13.6. The Morgan fingerprint density at radius 2 is 1.85 bits per heavy atom. The predicted octanol–water partition coefficient (Wildman–Crippen LogP) is 3.51. The summed E-state index contributed by atoms with van der Waals surface area (Å²) in [5.74, 6) is 0.490. The number of amides is 1. The van der Waals surface area contributed by atoms with E-state index in [1.54, 1.807) is 24.7 Å². The first-order valence-corrected chi connectivity index (χ1v) is 10.5. The van der Waals surface area contributed by atoms with E-state index in [1.165, 1.54) is 0 Å². The fraction of sp³-hybridized carbons (Fsp3) is 0.364. The highest BCUT2D eigenvalue weighted by molar-refractivity contribution is 5.99. The molecular formula is C22H20F3N7O. The summed E-state index contributed by atoms with van der Waals surface area (Å²) in [6.45, 7) is 1.89. The molecule has 3 atom stereocenters. The summed E-state index contributed by atoms with van der Waals surface area (Å²) in [5, 5.41) is 3.16. The van der Waals surface area contributed by atoms with E-state index in [1.807, 2.05) is 17.9 Å². The number of nitrogens with one attached hydrogen (secondary N) is 1. The number of halogens is 3. The first-order valence-electron chi connectivity index (χ1n) is 10.5. The van der Waals surface area contributed by atoms with E-state index in [0.717, 1.165) is 24.6 Å². The zero-order valence-electron chi connectivity index (χ0n) is 17.6. The van der Waals surface area contributed by atoms with Crippen LogP contribution in [0.1, 0.15) is 41.0 Å². The lowest BCUT2D eigenvalue weighted by Gasteiger charge is -2.26. The molecule has 5 heterocycles. The molecule has 0 saturated carbocycles. The van der Waals surface area contributed by atoms with Gasteiger partial charge in [0.1, 0.15) is 11.5 Å². The average Bonchev–Trinajstić information content (AvgIpc) is 3.36. The molecule has 0 aliphatic carbocycles. The van der Waals surface area contributed by atoms with E-state index in [-0.39, 0.29) is 29.9 Å². The molecule has 2 aliphatic heterocycles. The molecule has 33 heavy (non-hydrogen) atoms. The molecule has 0 radical (unpaired) electrons. The Bertz CT molecular complexity index is 1170. The summed E-state index contributed by atoms with van der Waals surface area (Å²) in [4.78, 5) is 35.8. The van der Waals surface area contributed by atoms with Crippen molar-refractivity contribution < 1.29 is 18.0 Å². The lowest BCUT2D eigenvalue weighted by atomic mass is 9.95. The van der Waals surface area contributed by atoms with Crippen LogP contribution in [0, 0.1) is 6.92 Å². The van der Waals surface area contributed by atoms with Crippen molar-refractivity contribution in [3.8, 4) is 11.4 Å². The van der Waals surface area contributed by atoms with Gasteiger partial charge in [-0.2, -0.15) is 13.2 Å². The normalized spacial score (nSPS) is 21.9. The minimum atomic E-state index is -4.54. The molecule has 170 valence electrons. The predicted molar refractivity (Wildman–Crippen MR) is 112 cm³/mol. The molecule has 2 fully saturated rings. The number of aromatic nitrogens is 5. The molecule has 2 aliphatic rings. The van der Waals surface area contributed by atoms with Gasteiger partial charge in [-0.1, -0.05) is 0 Å². The molecule has 2 saturated heterocycles. The molecule has 0 aromatic carbocycles. The van der Waals surface area contributed by atoms with Gasteiger partial charge in [0.05, 0.1) is 30.0 Å². The van der Waals surface area contributed by atoms with Crippen LogP contribution in [0.4, 0.5) is 19.0 Å². The van der Waals surface area contributed by atoms with Crippen molar-refractivity contribution in [1.29, 1.82) is 0 Å². The maximum Gasteiger partial charge on any atom is 0.434 e. The van der Waals surface area contributed by atoms with Crippen LogP contribution in [0.5, 0.6) is 0 Å². The Hall–Kier alpha value is -3.63. The van der Waals surface area contributed by atoms with Gasteiger partial charge in [0.15, 0.2) is 11.5 Å². The molecule has 0 unspecified atom stereocenters. The summed E-state index contributed by atoms with van der Waals surface area (Å²) in [7, 11) is 0. The van der Waals surface area contributed by atoms with Crippen molar-refractivity contribution in [2.45, 2.75) is 50.5 Å². The van der Waals surface area contributed by atoms with Crippen LogP contribution in [0.25, 0.3) is 11.4 Å². The fourth-order valence-corrected chi connectivity index (χ4v) is 4.75. The number of rotatable bonds is 4. The quantitative estimate of drug-likeness (QED) is 0.643. The molecule has 3 aromatic rings. The standard InChI is InChI=1S/C22H20F3N7O/c1-12-5-8-26-19(18(12)20-27-6-2-7-28-20)21(33)32-13-3-4-15(32)14(9-13)31-17-11-29-16(10-30-17)22(23,24)25/h2,5-8,10-11,13-15H,3-4,9H2,1H3,(H,30,31)/t13-,14-,15+/m1/s1. The van der Waals surface area contributed by atoms with Crippen LogP contribution in [-0.4, -0.2) is 53.9 Å². The number of carbonyl (C=O) groups excluding carboxylic acids is 1. The number of pyridine rings is 1. The van der Waals surface area contributed by atoms with Gasteiger partial charge < -0.3 is 10.2 Å². The summed E-state index contributed by atoms with van der Waals surface area (Å²) >= 11 is 0. The van der Waals surface area contributed by atoms with Crippen molar-refractivity contribution in [2.24, 2.45) is 0 Å². The third kappa shape index (κ3) is 3.87. The van der Waals surface area contributed by atoms with E-state index >= 15 is 0 Å². The number of hydrogen-bond acceptors (Lipinski definition) is 7. The van der Waals surface area contributed by atoms with E-state index in [2.05, 4.69) is 30.2 Å². The molecule has 8 nitrogen and oxygen atoms in total. The van der Waals surface area contributed by atoms with Crippen molar-refractivity contribution in [3.05, 3.63) is 60.1 Å². The third-order valence-corrected chi connectivity index (χ3v) is 6.20. The van der Waals surface area contributed by atoms with Crippen LogP contribution in [0.15, 0.2) is 43.1 Å². The van der Waals surface area contributed by atoms with Gasteiger partial charge >= 0.3 is 6.18 Å². The second kappa shape index (κ2) is 8.05. The zero-order chi connectivity index (χ0) is 23.2. The highest BCUT2D eigenvalue weighted by atomic mass is 19.4. The minimum absolute atomic E-state index is 0.00858. The van der Waals surface area contributed by atoms with E-state index < -0.39 is 11.9 Å². The minimum Gasteiger partial charge on any atom is -0.364 e. The van der Waals surface area contributed by atoms with Gasteiger partial charge in [0.25, 0.3) is 5.91 Å². The SMILES string of the molecule is Cc1ccnc(C(=O)N2[C@@H]3CC[C@H]2[C@H](Nc2cnc(C(F)(F)F)cn2)C3)c1-c1ncccn1. The molecule has 0 spiro atoms. The van der Waals surface area contributed by atoms with Crippen LogP contribution in [0.2, 0.25) is 0 Å². The van der Waals surface area contributed by atoms with Crippen LogP contribution in [0.3, 0.4) is 0 Å². The molecule has 5 rings (SSSR count). The van der Waals surface area contributed by atoms with E-state index in [0.29, 0.717) is 29.7 Å². The van der Waals surface area contributed by atoms with Gasteiger partial charge in [-0.05, 0) is 43.9 Å². The van der Waals surface area contributed by atoms with Crippen LogP contribution < -0.4 is 5.32 Å². The largest absolute Gasteiger partial charge is 0.434 e. The number of carbonyl (C=O) groups is 1. The summed E-state index contributed by atoms with van der Waals surface area (Å²) in [6.07, 6.45) is 4.39. The number of nitrogens with zero attached hydrogens (tertiary/aromatic N) is 6. The lowest BCUT2D eigenvalue weighted by Crippen LogP contribution is -2.40. The Morgan fingerprint density at radius 3 is 2.55 bits per heavy atom. The fourth-order valence-electron chi connectivity index (χ4n) is 4.75. The summed E-state index contributed by atoms with van der Waals surface area (Å²) in [5.41, 5.74) is 0.709. The van der Waals surface area contributed by atoms with Gasteiger partial charge in [0.2, 0.25) is 0 Å². The van der Waals surface area contributed by atoms with E-state index in [4.69, 9.17) is 0 Å². The molecule has 3 aromatic heterocycles.